The number of amides is 1. The molecule has 3 N–H and O–H groups in total. The lowest BCUT2D eigenvalue weighted by Crippen LogP contribution is -2.25. The summed E-state index contributed by atoms with van der Waals surface area (Å²) in [6, 6.07) is 3.52. The molecule has 1 aromatic carbocycles. The number of anilines is 1. The number of nitrogens with two attached hydrogens (primary N) is 1. The van der Waals surface area contributed by atoms with Crippen LogP contribution in [0.5, 0.6) is 0 Å². The van der Waals surface area contributed by atoms with Gasteiger partial charge in [0.2, 0.25) is 0 Å². The molecule has 0 unspecified atom stereocenters. The van der Waals surface area contributed by atoms with Gasteiger partial charge in [-0.05, 0) is 24.6 Å². The van der Waals surface area contributed by atoms with Crippen molar-refractivity contribution in [3.8, 4) is 0 Å². The van der Waals surface area contributed by atoms with E-state index in [4.69, 9.17) is 5.73 Å². The molecule has 0 aromatic heterocycles. The van der Waals surface area contributed by atoms with Crippen molar-refractivity contribution >= 4 is 43.5 Å². The summed E-state index contributed by atoms with van der Waals surface area (Å²) in [7, 11) is 0. The minimum absolute atomic E-state index is 0.161. The Kier molecular flexibility index (Phi) is 4.56. The second-order valence-corrected chi connectivity index (χ2v) is 5.40. The quantitative estimate of drug-likeness (QED) is 0.826. The fourth-order valence-electron chi connectivity index (χ4n) is 1.21. The zero-order valence-electron chi connectivity index (χ0n) is 8.81. The Balaban J connectivity index is 2.95. The van der Waals surface area contributed by atoms with E-state index in [2.05, 4.69) is 43.8 Å². The van der Waals surface area contributed by atoms with E-state index in [0.717, 1.165) is 14.5 Å². The first-order chi connectivity index (χ1) is 7.41. The Morgan fingerprint density at radius 3 is 2.75 bits per heavy atom. The molecule has 0 bridgehead atoms. The molecule has 5 heteroatoms. The van der Waals surface area contributed by atoms with Crippen LogP contribution in [0.1, 0.15) is 15.9 Å². The number of hydrogen-bond acceptors (Lipinski definition) is 2. The first kappa shape index (κ1) is 13.3. The normalized spacial score (nSPS) is 9.94. The van der Waals surface area contributed by atoms with Gasteiger partial charge in [-0.1, -0.05) is 38.4 Å². The van der Waals surface area contributed by atoms with Crippen LogP contribution in [0.25, 0.3) is 0 Å². The molecule has 1 rings (SSSR count). The van der Waals surface area contributed by atoms with Crippen molar-refractivity contribution in [1.29, 1.82) is 0 Å². The highest BCUT2D eigenvalue weighted by Crippen LogP contribution is 2.22. The van der Waals surface area contributed by atoms with Crippen molar-refractivity contribution in [3.05, 3.63) is 38.8 Å². The number of halogens is 2. The average molecular weight is 348 g/mol. The van der Waals surface area contributed by atoms with Crippen molar-refractivity contribution in [3.63, 3.8) is 0 Å². The fourth-order valence-corrected chi connectivity index (χ4v) is 1.82. The topological polar surface area (TPSA) is 55.1 Å². The van der Waals surface area contributed by atoms with Gasteiger partial charge in [-0.15, -0.1) is 0 Å². The Morgan fingerprint density at radius 2 is 2.19 bits per heavy atom. The van der Waals surface area contributed by atoms with E-state index in [1.807, 2.05) is 6.92 Å². The number of nitrogens with one attached hydrogen (secondary N) is 1. The van der Waals surface area contributed by atoms with E-state index in [0.29, 0.717) is 17.8 Å². The molecule has 0 atom stereocenters. The Morgan fingerprint density at radius 1 is 1.56 bits per heavy atom. The Hall–Kier alpha value is -0.810. The molecule has 0 saturated carbocycles. The zero-order chi connectivity index (χ0) is 12.3. The Bertz CT molecular complexity index is 444. The van der Waals surface area contributed by atoms with Gasteiger partial charge in [0.15, 0.2) is 0 Å². The van der Waals surface area contributed by atoms with Crippen LogP contribution in [-0.4, -0.2) is 12.5 Å². The zero-order valence-corrected chi connectivity index (χ0v) is 12.0. The number of hydrogen-bond donors (Lipinski definition) is 2. The average Bonchev–Trinajstić information content (AvgIpc) is 2.19. The van der Waals surface area contributed by atoms with Crippen molar-refractivity contribution in [2.75, 3.05) is 12.3 Å². The van der Waals surface area contributed by atoms with E-state index in [9.17, 15) is 4.79 Å². The molecule has 16 heavy (non-hydrogen) atoms. The molecule has 0 aliphatic carbocycles. The van der Waals surface area contributed by atoms with E-state index in [1.54, 1.807) is 12.1 Å². The minimum Gasteiger partial charge on any atom is -0.398 e. The van der Waals surface area contributed by atoms with Gasteiger partial charge < -0.3 is 11.1 Å². The highest BCUT2D eigenvalue weighted by atomic mass is 79.9. The van der Waals surface area contributed by atoms with Crippen LogP contribution in [0.15, 0.2) is 27.7 Å². The van der Waals surface area contributed by atoms with Gasteiger partial charge in [-0.2, -0.15) is 0 Å². The molecule has 0 aliphatic rings. The predicted octanol–water partition coefficient (Wildman–Crippen LogP) is 2.98. The van der Waals surface area contributed by atoms with E-state index >= 15 is 0 Å². The van der Waals surface area contributed by atoms with E-state index < -0.39 is 0 Å². The molecule has 86 valence electrons. The van der Waals surface area contributed by atoms with Crippen LogP contribution in [0.3, 0.4) is 0 Å². The van der Waals surface area contributed by atoms with Crippen LogP contribution in [0, 0.1) is 6.92 Å². The van der Waals surface area contributed by atoms with Crippen LogP contribution >= 0.6 is 31.9 Å². The molecule has 0 spiro atoms. The van der Waals surface area contributed by atoms with Gasteiger partial charge in [-0.25, -0.2) is 0 Å². The van der Waals surface area contributed by atoms with Crippen molar-refractivity contribution in [2.24, 2.45) is 0 Å². The molecule has 1 aromatic rings. The fraction of sp³-hybridized carbons (Fsp3) is 0.182. The van der Waals surface area contributed by atoms with Crippen LogP contribution < -0.4 is 11.1 Å². The van der Waals surface area contributed by atoms with Crippen molar-refractivity contribution < 1.29 is 4.79 Å². The molecule has 0 radical (unpaired) electrons. The second-order valence-electron chi connectivity index (χ2n) is 3.37. The number of carbonyl (C=O) groups excluding carboxylic acids is 1. The first-order valence-electron chi connectivity index (χ1n) is 4.59. The summed E-state index contributed by atoms with van der Waals surface area (Å²) in [6.07, 6.45) is 0. The molecule has 0 heterocycles. The van der Waals surface area contributed by atoms with Gasteiger partial charge in [0, 0.05) is 26.8 Å². The second kappa shape index (κ2) is 5.50. The third kappa shape index (κ3) is 3.35. The summed E-state index contributed by atoms with van der Waals surface area (Å²) in [5.41, 5.74) is 7.72. The predicted molar refractivity (Wildman–Crippen MR) is 73.7 cm³/mol. The standard InChI is InChI=1S/C11H12Br2N2O/c1-6(12)5-15-11(16)9-3-8(13)4-10(14)7(9)2/h3-4H,1,5,14H2,2H3,(H,15,16). The number of rotatable bonds is 3. The van der Waals surface area contributed by atoms with Gasteiger partial charge in [0.25, 0.3) is 5.91 Å². The number of carbonyl (C=O) groups is 1. The van der Waals surface area contributed by atoms with Gasteiger partial charge in [-0.3, -0.25) is 4.79 Å². The maximum Gasteiger partial charge on any atom is 0.251 e. The summed E-state index contributed by atoms with van der Waals surface area (Å²) in [5, 5.41) is 2.73. The summed E-state index contributed by atoms with van der Waals surface area (Å²) < 4.78 is 1.51. The van der Waals surface area contributed by atoms with Crippen LogP contribution in [0.2, 0.25) is 0 Å². The van der Waals surface area contributed by atoms with Crippen LogP contribution in [0.4, 0.5) is 5.69 Å². The van der Waals surface area contributed by atoms with Gasteiger partial charge in [0.1, 0.15) is 0 Å². The lowest BCUT2D eigenvalue weighted by Gasteiger charge is -2.09. The number of nitrogen functional groups attached to an aromatic ring is 1. The molecule has 0 saturated heterocycles. The van der Waals surface area contributed by atoms with Gasteiger partial charge in [0.05, 0.1) is 0 Å². The Labute approximate surface area is 111 Å². The molecular weight excluding hydrogens is 336 g/mol. The molecule has 0 aliphatic heterocycles. The summed E-state index contributed by atoms with van der Waals surface area (Å²) in [6.45, 7) is 5.86. The maximum atomic E-state index is 11.8. The lowest BCUT2D eigenvalue weighted by atomic mass is 10.1. The summed E-state index contributed by atoms with van der Waals surface area (Å²) in [5.74, 6) is -0.161. The third-order valence-corrected chi connectivity index (χ3v) is 2.84. The number of benzene rings is 1. The molecular formula is C11H12Br2N2O. The smallest absolute Gasteiger partial charge is 0.251 e. The SMILES string of the molecule is C=C(Br)CNC(=O)c1cc(Br)cc(N)c1C. The monoisotopic (exact) mass is 346 g/mol. The lowest BCUT2D eigenvalue weighted by molar-refractivity contribution is 0.0957. The third-order valence-electron chi connectivity index (χ3n) is 2.10. The molecule has 0 fully saturated rings. The highest BCUT2D eigenvalue weighted by molar-refractivity contribution is 9.11. The first-order valence-corrected chi connectivity index (χ1v) is 6.17. The molecule has 1 amide bonds. The van der Waals surface area contributed by atoms with Crippen molar-refractivity contribution in [2.45, 2.75) is 6.92 Å². The largest absolute Gasteiger partial charge is 0.398 e. The molecule has 3 nitrogen and oxygen atoms in total. The van der Waals surface area contributed by atoms with E-state index in [1.165, 1.54) is 0 Å². The summed E-state index contributed by atoms with van der Waals surface area (Å²) in [4.78, 5) is 11.8. The van der Waals surface area contributed by atoms with Gasteiger partial charge >= 0.3 is 0 Å². The highest BCUT2D eigenvalue weighted by Gasteiger charge is 2.11. The van der Waals surface area contributed by atoms with Crippen LogP contribution in [-0.2, 0) is 0 Å². The van der Waals surface area contributed by atoms with Crippen molar-refractivity contribution in [1.82, 2.24) is 5.32 Å². The van der Waals surface area contributed by atoms with E-state index in [-0.39, 0.29) is 5.91 Å². The minimum atomic E-state index is -0.161. The maximum absolute atomic E-state index is 11.8. The summed E-state index contributed by atoms with van der Waals surface area (Å²) >= 11 is 6.49.